The number of ether oxygens (including phenoxy) is 9. The van der Waals surface area contributed by atoms with Gasteiger partial charge in [-0.3, -0.25) is 28.8 Å². The number of aliphatic imine (C=N–C) groups is 1. The first-order valence-corrected chi connectivity index (χ1v) is 12.8. The molecule has 0 aliphatic carbocycles. The van der Waals surface area contributed by atoms with Crippen molar-refractivity contribution in [2.75, 3.05) is 13.2 Å². The molecule has 0 bridgehead atoms. The van der Waals surface area contributed by atoms with Crippen LogP contribution in [-0.4, -0.2) is 122 Å². The van der Waals surface area contributed by atoms with Gasteiger partial charge in [0.05, 0.1) is 0 Å². The molecule has 18 heteroatoms. The Kier molecular flexibility index (Phi) is 13.1. The van der Waals surface area contributed by atoms with Crippen LogP contribution in [0.2, 0.25) is 0 Å². The lowest BCUT2D eigenvalue weighted by atomic mass is 9.95. The quantitative estimate of drug-likeness (QED) is 0.118. The maximum atomic E-state index is 12.2. The zero-order valence-electron chi connectivity index (χ0n) is 24.1. The predicted molar refractivity (Wildman–Crippen MR) is 132 cm³/mol. The number of carbonyl (C=O) groups is 6. The summed E-state index contributed by atoms with van der Waals surface area (Å²) in [6.45, 7) is 5.05. The molecule has 2 heterocycles. The van der Waals surface area contributed by atoms with E-state index in [9.17, 15) is 38.7 Å². The average molecular weight is 620 g/mol. The van der Waals surface area contributed by atoms with Crippen LogP contribution in [0.1, 0.15) is 41.5 Å². The van der Waals surface area contributed by atoms with Crippen molar-refractivity contribution >= 4 is 41.9 Å². The molecule has 0 aromatic carbocycles. The molecule has 2 saturated heterocycles. The summed E-state index contributed by atoms with van der Waals surface area (Å²) < 4.78 is 48.7. The second kappa shape index (κ2) is 16.0. The summed E-state index contributed by atoms with van der Waals surface area (Å²) in [6, 6.07) is 0. The zero-order valence-corrected chi connectivity index (χ0v) is 24.1. The fourth-order valence-electron chi connectivity index (χ4n) is 4.33. The highest BCUT2D eigenvalue weighted by atomic mass is 16.7. The maximum Gasteiger partial charge on any atom is 0.303 e. The summed E-state index contributed by atoms with van der Waals surface area (Å²) in [5.74, 6) is -5.15. The molecular weight excluding hydrogens is 586 g/mol. The second-order valence-electron chi connectivity index (χ2n) is 9.32. The number of hydrogen-bond donors (Lipinski definition) is 1. The van der Waals surface area contributed by atoms with Crippen LogP contribution in [0.15, 0.2) is 4.99 Å². The minimum absolute atomic E-state index is 0.571. The van der Waals surface area contributed by atoms with E-state index in [4.69, 9.17) is 42.6 Å². The van der Waals surface area contributed by atoms with Gasteiger partial charge < -0.3 is 47.7 Å². The molecule has 0 spiro atoms. The molecule has 2 aliphatic rings. The minimum atomic E-state index is -1.78. The van der Waals surface area contributed by atoms with Crippen LogP contribution < -0.4 is 0 Å². The summed E-state index contributed by atoms with van der Waals surface area (Å²) in [6.07, 6.45) is -14.9. The van der Waals surface area contributed by atoms with Crippen LogP contribution in [0, 0.1) is 0 Å². The molecule has 0 radical (unpaired) electrons. The Bertz CT molecular complexity index is 1100. The highest BCUT2D eigenvalue weighted by molar-refractivity contribution is 5.68. The van der Waals surface area contributed by atoms with Crippen molar-refractivity contribution in [2.45, 2.75) is 103 Å². The van der Waals surface area contributed by atoms with E-state index in [1.54, 1.807) is 0 Å². The Morgan fingerprint density at radius 3 is 1.58 bits per heavy atom. The van der Waals surface area contributed by atoms with Crippen molar-refractivity contribution in [3.8, 4) is 0 Å². The number of carbonyl (C=O) groups excluding carboxylic acids is 7. The van der Waals surface area contributed by atoms with E-state index in [0.29, 0.717) is 0 Å². The van der Waals surface area contributed by atoms with Gasteiger partial charge in [0.1, 0.15) is 37.6 Å². The monoisotopic (exact) mass is 619 g/mol. The van der Waals surface area contributed by atoms with Crippen molar-refractivity contribution in [3.05, 3.63) is 0 Å². The molecule has 1 N–H and O–H groups in total. The standard InChI is InChI=1S/C25H33NO17/c1-10(28)35-7-16-18(34)20(37-12(3)30)23(40-15(6)33)25(42-16)43-19-17(8-36-11(2)29)41-24(26-9-27)22(39-14(5)32)21(19)38-13(4)31/h16-25,34H,7-8H2,1-6H3. The van der Waals surface area contributed by atoms with Crippen LogP contribution >= 0.6 is 0 Å². The van der Waals surface area contributed by atoms with Crippen LogP contribution in [0.25, 0.3) is 0 Å². The summed E-state index contributed by atoms with van der Waals surface area (Å²) in [5, 5.41) is 10.9. The lowest BCUT2D eigenvalue weighted by molar-refractivity contribution is -0.344. The molecule has 43 heavy (non-hydrogen) atoms. The van der Waals surface area contributed by atoms with E-state index in [1.807, 2.05) is 0 Å². The third-order valence-electron chi connectivity index (χ3n) is 5.81. The van der Waals surface area contributed by atoms with Gasteiger partial charge in [0.2, 0.25) is 12.3 Å². The lowest BCUT2D eigenvalue weighted by Gasteiger charge is -2.47. The van der Waals surface area contributed by atoms with Gasteiger partial charge >= 0.3 is 35.8 Å². The van der Waals surface area contributed by atoms with Gasteiger partial charge in [-0.05, 0) is 0 Å². The van der Waals surface area contributed by atoms with Crippen LogP contribution in [0.4, 0.5) is 0 Å². The highest BCUT2D eigenvalue weighted by Gasteiger charge is 2.56. The maximum absolute atomic E-state index is 12.2. The Morgan fingerprint density at radius 2 is 1.09 bits per heavy atom. The van der Waals surface area contributed by atoms with E-state index in [2.05, 4.69) is 4.99 Å². The predicted octanol–water partition coefficient (Wildman–Crippen LogP) is -1.63. The highest BCUT2D eigenvalue weighted by Crippen LogP contribution is 2.34. The zero-order chi connectivity index (χ0) is 32.4. The number of rotatable bonds is 11. The summed E-state index contributed by atoms with van der Waals surface area (Å²) in [7, 11) is 0. The van der Waals surface area contributed by atoms with Gasteiger partial charge in [-0.15, -0.1) is 0 Å². The molecule has 10 atom stereocenters. The van der Waals surface area contributed by atoms with E-state index in [0.717, 1.165) is 41.5 Å². The number of nitrogens with zero attached hydrogens (tertiary/aromatic N) is 1. The van der Waals surface area contributed by atoms with Gasteiger partial charge in [0.25, 0.3) is 0 Å². The Hall–Kier alpha value is -3.96. The third-order valence-corrected chi connectivity index (χ3v) is 5.81. The molecule has 0 amide bonds. The van der Waals surface area contributed by atoms with E-state index < -0.39 is 110 Å². The van der Waals surface area contributed by atoms with Crippen molar-refractivity contribution in [1.29, 1.82) is 0 Å². The molecule has 2 aliphatic heterocycles. The Labute approximate surface area is 244 Å². The van der Waals surface area contributed by atoms with Crippen LogP contribution in [0.3, 0.4) is 0 Å². The van der Waals surface area contributed by atoms with E-state index in [-0.39, 0.29) is 0 Å². The van der Waals surface area contributed by atoms with Crippen molar-refractivity contribution in [3.63, 3.8) is 0 Å². The molecule has 0 aromatic heterocycles. The largest absolute Gasteiger partial charge is 0.463 e. The summed E-state index contributed by atoms with van der Waals surface area (Å²) in [4.78, 5) is 85.7. The number of aliphatic hydroxyl groups excluding tert-OH is 1. The van der Waals surface area contributed by atoms with Crippen LogP contribution in [0.5, 0.6) is 0 Å². The fraction of sp³-hybridized carbons (Fsp3) is 0.720. The fourth-order valence-corrected chi connectivity index (χ4v) is 4.33. The normalized spacial score (nSPS) is 31.8. The SMILES string of the molecule is CC(=O)OCC1OC(OC2C(COC(C)=O)OC(N=C=O)C(OC(C)=O)C2OC(C)=O)C(OC(C)=O)C(OC(C)=O)C1O. The molecule has 0 aromatic rings. The first-order valence-electron chi connectivity index (χ1n) is 12.8. The van der Waals surface area contributed by atoms with Gasteiger partial charge in [0.15, 0.2) is 30.7 Å². The number of isocyanates is 1. The Balaban J connectivity index is 2.64. The minimum Gasteiger partial charge on any atom is -0.463 e. The first kappa shape index (κ1) is 35.2. The summed E-state index contributed by atoms with van der Waals surface area (Å²) >= 11 is 0. The Morgan fingerprint density at radius 1 is 0.628 bits per heavy atom. The van der Waals surface area contributed by atoms with E-state index >= 15 is 0 Å². The first-order chi connectivity index (χ1) is 20.1. The molecule has 0 saturated carbocycles. The van der Waals surface area contributed by atoms with Gasteiger partial charge in [-0.1, -0.05) is 0 Å². The lowest BCUT2D eigenvalue weighted by Crippen LogP contribution is -2.66. The number of aliphatic hydroxyl groups is 1. The summed E-state index contributed by atoms with van der Waals surface area (Å²) in [5.41, 5.74) is 0. The topological polar surface area (TPSA) is 235 Å². The molecule has 2 fully saturated rings. The molecule has 2 rings (SSSR count). The third kappa shape index (κ3) is 10.4. The van der Waals surface area contributed by atoms with Crippen molar-refractivity contribution in [2.24, 2.45) is 4.99 Å². The van der Waals surface area contributed by atoms with Crippen molar-refractivity contribution < 1.29 is 81.3 Å². The molecule has 240 valence electrons. The van der Waals surface area contributed by atoms with E-state index in [1.165, 1.54) is 6.08 Å². The van der Waals surface area contributed by atoms with Crippen molar-refractivity contribution in [1.82, 2.24) is 0 Å². The number of esters is 6. The second-order valence-corrected chi connectivity index (χ2v) is 9.32. The smallest absolute Gasteiger partial charge is 0.303 e. The van der Waals surface area contributed by atoms with Gasteiger partial charge in [-0.2, -0.15) is 4.99 Å². The number of hydrogen-bond acceptors (Lipinski definition) is 18. The average Bonchev–Trinajstić information content (AvgIpc) is 2.88. The van der Waals surface area contributed by atoms with Crippen LogP contribution in [-0.2, 0) is 76.2 Å². The molecule has 18 nitrogen and oxygen atoms in total. The van der Waals surface area contributed by atoms with Gasteiger partial charge in [0, 0.05) is 41.5 Å². The molecular formula is C25H33NO17. The molecule has 10 unspecified atom stereocenters. The van der Waals surface area contributed by atoms with Gasteiger partial charge in [-0.25, -0.2) is 4.79 Å².